The molecule has 0 aliphatic heterocycles. The van der Waals surface area contributed by atoms with Gasteiger partial charge in [-0.25, -0.2) is 0 Å². The lowest BCUT2D eigenvalue weighted by Gasteiger charge is -2.32. The van der Waals surface area contributed by atoms with E-state index in [1.54, 1.807) is 45.2 Å². The van der Waals surface area contributed by atoms with Crippen LogP contribution in [0.15, 0.2) is 0 Å². The molecule has 6 amide bonds. The molecule has 0 bridgehead atoms. The van der Waals surface area contributed by atoms with E-state index in [-0.39, 0.29) is 127 Å². The van der Waals surface area contributed by atoms with Crippen LogP contribution in [-0.4, -0.2) is 238 Å². The van der Waals surface area contributed by atoms with Crippen molar-refractivity contribution in [2.75, 3.05) is 141 Å². The molecule has 67 heavy (non-hydrogen) atoms. The van der Waals surface area contributed by atoms with E-state index in [0.29, 0.717) is 0 Å². The first-order valence-electron chi connectivity index (χ1n) is 20.2. The molecule has 28 heteroatoms. The van der Waals surface area contributed by atoms with Crippen LogP contribution >= 0.6 is 136 Å². The van der Waals surface area contributed by atoms with Crippen molar-refractivity contribution in [2.45, 2.75) is 6.42 Å². The molecule has 0 saturated heterocycles. The maximum Gasteiger partial charge on any atom is 0.256 e. The van der Waals surface area contributed by atoms with E-state index in [2.05, 4.69) is 0 Å². The van der Waals surface area contributed by atoms with Crippen LogP contribution in [0.3, 0.4) is 0 Å². The Bertz CT molecular complexity index is 1800. The van der Waals surface area contributed by atoms with Crippen LogP contribution in [0, 0.1) is 21.4 Å². The average molecular weight is 1620 g/mol. The Morgan fingerprint density at radius 3 is 0.672 bits per heavy atom. The Labute approximate surface area is 467 Å². The van der Waals surface area contributed by atoms with Crippen LogP contribution in [0.2, 0.25) is 0 Å². The number of hydrogen-bond donors (Lipinski definition) is 10. The van der Waals surface area contributed by atoms with E-state index >= 15 is 0 Å². The summed E-state index contributed by atoms with van der Waals surface area (Å²) in [4.78, 5) is 91.6. The van der Waals surface area contributed by atoms with Gasteiger partial charge in [0.1, 0.15) is 13.2 Å². The maximum atomic E-state index is 14.3. The van der Waals surface area contributed by atoms with Crippen molar-refractivity contribution < 1.29 is 79.8 Å². The van der Waals surface area contributed by atoms with E-state index in [1.807, 2.05) is 90.4 Å². The predicted octanol–water partition coefficient (Wildman–Crippen LogP) is -1.24. The monoisotopic (exact) mass is 1620 g/mol. The molecular formula is C39H52I6N6O16. The first kappa shape index (κ1) is 62.4. The minimum absolute atomic E-state index is 0.0202. The third-order valence-electron chi connectivity index (χ3n) is 9.73. The van der Waals surface area contributed by atoms with Crippen molar-refractivity contribution in [3.05, 3.63) is 43.7 Å². The molecule has 0 spiro atoms. The van der Waals surface area contributed by atoms with Crippen LogP contribution in [0.25, 0.3) is 0 Å². The smallest absolute Gasteiger partial charge is 0.256 e. The SMILES string of the molecule is O=C(c1c(I)c(C(=O)N(CCO)CCO)c(I)c(N(CCCN(C(=O)CO)c2c(I)c(C(=O)N(CCO)CCO)c(I)c(C(=O)N(CCO)CCO)c2I)C(=O)CO)c1I)N(CCO)CCO. The quantitative estimate of drug-likeness (QED) is 0.0446. The van der Waals surface area contributed by atoms with Gasteiger partial charge in [-0.15, -0.1) is 0 Å². The molecule has 2 rings (SSSR count). The molecule has 2 aromatic rings. The fourth-order valence-corrected chi connectivity index (χ4v) is 16.0. The van der Waals surface area contributed by atoms with Crippen molar-refractivity contribution in [3.63, 3.8) is 0 Å². The van der Waals surface area contributed by atoms with E-state index in [9.17, 15) is 79.8 Å². The number of hydrogen-bond acceptors (Lipinski definition) is 16. The van der Waals surface area contributed by atoms with Crippen LogP contribution in [-0.2, 0) is 9.59 Å². The second kappa shape index (κ2) is 31.6. The Balaban J connectivity index is 3.05. The molecule has 376 valence electrons. The lowest BCUT2D eigenvalue weighted by molar-refractivity contribution is -0.121. The van der Waals surface area contributed by atoms with Gasteiger partial charge >= 0.3 is 0 Å². The van der Waals surface area contributed by atoms with Crippen LogP contribution in [0.4, 0.5) is 11.4 Å². The van der Waals surface area contributed by atoms with Crippen LogP contribution in [0.5, 0.6) is 0 Å². The van der Waals surface area contributed by atoms with E-state index in [1.165, 1.54) is 0 Å². The highest BCUT2D eigenvalue weighted by molar-refractivity contribution is 14.1. The Morgan fingerprint density at radius 2 is 0.507 bits per heavy atom. The molecule has 0 aliphatic carbocycles. The number of carbonyl (C=O) groups excluding carboxylic acids is 6. The number of anilines is 2. The zero-order chi connectivity index (χ0) is 50.7. The van der Waals surface area contributed by atoms with Crippen molar-refractivity contribution in [2.24, 2.45) is 0 Å². The van der Waals surface area contributed by atoms with Gasteiger partial charge in [-0.05, 0) is 142 Å². The summed E-state index contributed by atoms with van der Waals surface area (Å²) in [6.07, 6.45) is -0.169. The molecule has 0 aliphatic rings. The Kier molecular flexibility index (Phi) is 29.5. The van der Waals surface area contributed by atoms with Gasteiger partial charge < -0.3 is 80.5 Å². The van der Waals surface area contributed by atoms with E-state index < -0.39 is 102 Å². The van der Waals surface area contributed by atoms with Gasteiger partial charge in [0.15, 0.2) is 0 Å². The van der Waals surface area contributed by atoms with Gasteiger partial charge in [-0.3, -0.25) is 28.8 Å². The minimum Gasteiger partial charge on any atom is -0.395 e. The molecule has 0 heterocycles. The summed E-state index contributed by atoms with van der Waals surface area (Å²) in [5.74, 6) is -4.77. The number of aliphatic hydroxyl groups is 10. The molecule has 2 aromatic carbocycles. The van der Waals surface area contributed by atoms with Gasteiger partial charge in [-0.1, -0.05) is 0 Å². The third-order valence-corrected chi connectivity index (χ3v) is 16.1. The Morgan fingerprint density at radius 1 is 0.313 bits per heavy atom. The van der Waals surface area contributed by atoms with Gasteiger partial charge in [-0.2, -0.15) is 0 Å². The second-order valence-electron chi connectivity index (χ2n) is 13.8. The predicted molar refractivity (Wildman–Crippen MR) is 293 cm³/mol. The van der Waals surface area contributed by atoms with Gasteiger partial charge in [0.25, 0.3) is 35.4 Å². The van der Waals surface area contributed by atoms with E-state index in [0.717, 1.165) is 29.4 Å². The highest BCUT2D eigenvalue weighted by atomic mass is 127. The lowest BCUT2D eigenvalue weighted by Crippen LogP contribution is -2.43. The number of nitrogens with zero attached hydrogens (tertiary/aromatic N) is 6. The molecule has 0 aromatic heterocycles. The number of benzene rings is 2. The molecule has 0 radical (unpaired) electrons. The van der Waals surface area contributed by atoms with Crippen LogP contribution < -0.4 is 9.80 Å². The normalized spacial score (nSPS) is 11.1. The summed E-state index contributed by atoms with van der Waals surface area (Å²) in [7, 11) is 0. The fraction of sp³-hybridized carbons (Fsp3) is 0.538. The number of halogens is 6. The van der Waals surface area contributed by atoms with Crippen molar-refractivity contribution in [3.8, 4) is 0 Å². The van der Waals surface area contributed by atoms with Crippen LogP contribution in [0.1, 0.15) is 47.9 Å². The highest BCUT2D eigenvalue weighted by Gasteiger charge is 2.37. The molecular weight excluding hydrogens is 1570 g/mol. The standard InChI is InChI=1S/C39H52I6N6O16/c40-28-24(36(64)46(4-12-52)5-13-53)30(42)34(31(43)25(28)37(65)47(6-14-54)7-15-55)50(22(62)20-60)2-1-3-51(23(63)21-61)35-32(44)26(38(66)48(8-16-56)9-17-57)29(41)27(33(35)45)39(67)49(10-18-58)11-19-59/h52-61H,1-21H2. The second-order valence-corrected chi connectivity index (χ2v) is 20.3. The summed E-state index contributed by atoms with van der Waals surface area (Å²) in [6, 6.07) is 0. The number of amides is 6. The molecule has 10 N–H and O–H groups in total. The summed E-state index contributed by atoms with van der Waals surface area (Å²) >= 11 is 10.8. The number of carbonyl (C=O) groups is 6. The summed E-state index contributed by atoms with van der Waals surface area (Å²) < 4.78 is 0.688. The summed E-state index contributed by atoms with van der Waals surface area (Å²) in [6.45, 7) is -8.49. The van der Waals surface area contributed by atoms with Crippen molar-refractivity contribution in [1.82, 2.24) is 19.6 Å². The zero-order valence-electron chi connectivity index (χ0n) is 35.7. The number of rotatable bonds is 28. The number of aliphatic hydroxyl groups excluding tert-OH is 10. The van der Waals surface area contributed by atoms with Crippen molar-refractivity contribution >= 4 is 182 Å². The minimum atomic E-state index is -1.08. The lowest BCUT2D eigenvalue weighted by atomic mass is 10.0. The molecule has 22 nitrogen and oxygen atoms in total. The van der Waals surface area contributed by atoms with Gasteiger partial charge in [0.05, 0.1) is 101 Å². The molecule has 0 saturated carbocycles. The van der Waals surface area contributed by atoms with Gasteiger partial charge in [0, 0.05) is 72.6 Å². The fourth-order valence-electron chi connectivity index (χ4n) is 6.66. The zero-order valence-corrected chi connectivity index (χ0v) is 48.7. The highest BCUT2D eigenvalue weighted by Crippen LogP contribution is 2.41. The van der Waals surface area contributed by atoms with E-state index in [4.69, 9.17) is 0 Å². The van der Waals surface area contributed by atoms with Crippen molar-refractivity contribution in [1.29, 1.82) is 0 Å². The first-order chi connectivity index (χ1) is 31.9. The molecule has 0 fully saturated rings. The largest absolute Gasteiger partial charge is 0.395 e. The Hall–Kier alpha value is -0.760. The first-order valence-corrected chi connectivity index (χ1v) is 26.7. The maximum absolute atomic E-state index is 14.3. The third kappa shape index (κ3) is 15.6. The summed E-state index contributed by atoms with van der Waals surface area (Å²) in [5, 5.41) is 99.0. The molecule has 0 atom stereocenters. The topological polar surface area (TPSA) is 324 Å². The average Bonchev–Trinajstić information content (AvgIpc) is 3.29. The van der Waals surface area contributed by atoms with Gasteiger partial charge in [0.2, 0.25) is 0 Å². The molecule has 0 unspecified atom stereocenters. The summed E-state index contributed by atoms with van der Waals surface area (Å²) in [5.41, 5.74) is -0.456.